The van der Waals surface area contributed by atoms with Crippen molar-refractivity contribution in [2.75, 3.05) is 13.2 Å². The number of hydrogen-bond acceptors (Lipinski definition) is 4. The standard InChI is InChI=1S/C28H28ClN3O4/c1-2-11-36-26-10-8-17(18-7-9-22(27(30)34)24(29)14-18)13-23(26)28(35)32-20(16-33)12-19-15-31-25-6-4-3-5-21(19)25/h3-10,13-15,20,31,33H,2,11-12,16H2,1H3,(H2,30,34)(H,32,35)/t20-/m1/s1. The smallest absolute Gasteiger partial charge is 0.255 e. The van der Waals surface area contributed by atoms with Gasteiger partial charge in [0.15, 0.2) is 0 Å². The number of primary amides is 1. The fourth-order valence-corrected chi connectivity index (χ4v) is 4.38. The minimum Gasteiger partial charge on any atom is -0.493 e. The van der Waals surface area contributed by atoms with Crippen molar-refractivity contribution in [3.8, 4) is 16.9 Å². The molecular formula is C28H28ClN3O4. The summed E-state index contributed by atoms with van der Waals surface area (Å²) in [4.78, 5) is 28.1. The summed E-state index contributed by atoms with van der Waals surface area (Å²) in [6.07, 6.45) is 3.14. The minimum absolute atomic E-state index is 0.222. The Morgan fingerprint density at radius 3 is 2.56 bits per heavy atom. The fraction of sp³-hybridized carbons (Fsp3) is 0.214. The third-order valence-corrected chi connectivity index (χ3v) is 6.26. The molecule has 0 saturated heterocycles. The van der Waals surface area contributed by atoms with E-state index in [9.17, 15) is 14.7 Å². The Bertz CT molecular complexity index is 1400. The lowest BCUT2D eigenvalue weighted by Crippen LogP contribution is -2.39. The van der Waals surface area contributed by atoms with Crippen molar-refractivity contribution in [3.63, 3.8) is 0 Å². The van der Waals surface area contributed by atoms with Gasteiger partial charge in [0.2, 0.25) is 5.91 Å². The highest BCUT2D eigenvalue weighted by molar-refractivity contribution is 6.34. The van der Waals surface area contributed by atoms with Crippen molar-refractivity contribution in [2.24, 2.45) is 5.73 Å². The number of ether oxygens (including phenoxy) is 1. The van der Waals surface area contributed by atoms with Crippen LogP contribution >= 0.6 is 11.6 Å². The molecule has 1 heterocycles. The van der Waals surface area contributed by atoms with E-state index in [-0.39, 0.29) is 23.1 Å². The van der Waals surface area contributed by atoms with E-state index < -0.39 is 11.9 Å². The van der Waals surface area contributed by atoms with Crippen LogP contribution in [0.2, 0.25) is 5.02 Å². The maximum atomic E-state index is 13.4. The Labute approximate surface area is 214 Å². The number of rotatable bonds is 10. The highest BCUT2D eigenvalue weighted by Gasteiger charge is 2.20. The van der Waals surface area contributed by atoms with Crippen LogP contribution in [0.25, 0.3) is 22.0 Å². The summed E-state index contributed by atoms with van der Waals surface area (Å²) in [6.45, 7) is 2.22. The number of carbonyl (C=O) groups is 2. The van der Waals surface area contributed by atoms with E-state index in [2.05, 4.69) is 10.3 Å². The van der Waals surface area contributed by atoms with Gasteiger partial charge in [-0.15, -0.1) is 0 Å². The summed E-state index contributed by atoms with van der Waals surface area (Å²) in [5.74, 6) is -0.524. The highest BCUT2D eigenvalue weighted by Crippen LogP contribution is 2.30. The molecule has 5 N–H and O–H groups in total. The maximum Gasteiger partial charge on any atom is 0.255 e. The lowest BCUT2D eigenvalue weighted by Gasteiger charge is -2.18. The van der Waals surface area contributed by atoms with E-state index in [1.54, 1.807) is 30.3 Å². The molecule has 4 rings (SSSR count). The predicted octanol–water partition coefficient (Wildman–Crippen LogP) is 4.71. The van der Waals surface area contributed by atoms with Crippen LogP contribution < -0.4 is 15.8 Å². The summed E-state index contributed by atoms with van der Waals surface area (Å²) < 4.78 is 5.84. The summed E-state index contributed by atoms with van der Waals surface area (Å²) >= 11 is 6.24. The Morgan fingerprint density at radius 2 is 1.83 bits per heavy atom. The van der Waals surface area contributed by atoms with Crippen LogP contribution in [0.5, 0.6) is 5.75 Å². The van der Waals surface area contributed by atoms with Crippen molar-refractivity contribution in [1.29, 1.82) is 0 Å². The van der Waals surface area contributed by atoms with Crippen molar-refractivity contribution in [3.05, 3.63) is 88.6 Å². The van der Waals surface area contributed by atoms with Crippen LogP contribution in [0.3, 0.4) is 0 Å². The van der Waals surface area contributed by atoms with Crippen LogP contribution in [-0.2, 0) is 6.42 Å². The number of aromatic amines is 1. The first kappa shape index (κ1) is 25.3. The number of carbonyl (C=O) groups excluding carboxylic acids is 2. The second-order valence-corrected chi connectivity index (χ2v) is 8.94. The Balaban J connectivity index is 1.61. The average Bonchev–Trinajstić information content (AvgIpc) is 3.29. The van der Waals surface area contributed by atoms with Gasteiger partial charge < -0.3 is 25.9 Å². The second-order valence-electron chi connectivity index (χ2n) is 8.53. The zero-order valence-corrected chi connectivity index (χ0v) is 20.6. The first-order valence-corrected chi connectivity index (χ1v) is 12.1. The molecule has 8 heteroatoms. The molecule has 7 nitrogen and oxygen atoms in total. The number of nitrogens with one attached hydrogen (secondary N) is 2. The first-order valence-electron chi connectivity index (χ1n) is 11.7. The number of amides is 2. The van der Waals surface area contributed by atoms with Crippen LogP contribution in [0.15, 0.2) is 66.9 Å². The van der Waals surface area contributed by atoms with Gasteiger partial charge in [-0.25, -0.2) is 0 Å². The Kier molecular flexibility index (Phi) is 7.93. The molecule has 0 unspecified atom stereocenters. The van der Waals surface area contributed by atoms with Gasteiger partial charge >= 0.3 is 0 Å². The highest BCUT2D eigenvalue weighted by atomic mass is 35.5. The van der Waals surface area contributed by atoms with Crippen molar-refractivity contribution < 1.29 is 19.4 Å². The molecule has 0 fully saturated rings. The number of para-hydroxylation sites is 1. The average molecular weight is 506 g/mol. The van der Waals surface area contributed by atoms with Gasteiger partial charge in [0.25, 0.3) is 5.91 Å². The zero-order valence-electron chi connectivity index (χ0n) is 19.9. The summed E-state index contributed by atoms with van der Waals surface area (Å²) in [5.41, 5.74) is 9.37. The minimum atomic E-state index is -0.611. The van der Waals surface area contributed by atoms with Crippen molar-refractivity contribution in [1.82, 2.24) is 10.3 Å². The van der Waals surface area contributed by atoms with Gasteiger partial charge in [-0.05, 0) is 59.9 Å². The number of H-pyrrole nitrogens is 1. The molecule has 0 spiro atoms. The van der Waals surface area contributed by atoms with E-state index in [0.717, 1.165) is 34.0 Å². The van der Waals surface area contributed by atoms with Gasteiger partial charge in [0.1, 0.15) is 5.75 Å². The molecule has 0 radical (unpaired) electrons. The van der Waals surface area contributed by atoms with Crippen molar-refractivity contribution in [2.45, 2.75) is 25.8 Å². The molecule has 0 saturated carbocycles. The molecule has 0 aliphatic carbocycles. The summed E-state index contributed by atoms with van der Waals surface area (Å²) in [7, 11) is 0. The van der Waals surface area contributed by atoms with Crippen LogP contribution in [0.1, 0.15) is 39.6 Å². The molecule has 186 valence electrons. The van der Waals surface area contributed by atoms with Crippen LogP contribution in [0, 0.1) is 0 Å². The summed E-state index contributed by atoms with van der Waals surface area (Å²) in [6, 6.07) is 17.6. The maximum absolute atomic E-state index is 13.4. The largest absolute Gasteiger partial charge is 0.493 e. The molecule has 1 atom stereocenters. The number of nitrogens with two attached hydrogens (primary N) is 1. The van der Waals surface area contributed by atoms with Crippen LogP contribution in [0.4, 0.5) is 0 Å². The number of aliphatic hydroxyl groups excluding tert-OH is 1. The van der Waals surface area contributed by atoms with Crippen LogP contribution in [-0.4, -0.2) is 41.2 Å². The molecule has 36 heavy (non-hydrogen) atoms. The normalized spacial score (nSPS) is 11.9. The number of hydrogen-bond donors (Lipinski definition) is 4. The molecule has 2 amide bonds. The molecule has 3 aromatic carbocycles. The quantitative estimate of drug-likeness (QED) is 0.249. The third kappa shape index (κ3) is 5.53. The van der Waals surface area contributed by atoms with E-state index in [4.69, 9.17) is 22.1 Å². The number of aromatic nitrogens is 1. The molecular weight excluding hydrogens is 478 g/mol. The first-order chi connectivity index (χ1) is 17.4. The van der Waals surface area contributed by atoms with Gasteiger partial charge in [-0.1, -0.05) is 48.9 Å². The van der Waals surface area contributed by atoms with Crippen molar-refractivity contribution >= 4 is 34.3 Å². The fourth-order valence-electron chi connectivity index (χ4n) is 4.11. The van der Waals surface area contributed by atoms with E-state index in [1.165, 1.54) is 0 Å². The SMILES string of the molecule is CCCOc1ccc(-c2ccc(C(N)=O)c(Cl)c2)cc1C(=O)N[C@@H](CO)Cc1c[nH]c2ccccc12. The lowest BCUT2D eigenvalue weighted by molar-refractivity contribution is 0.0911. The topological polar surface area (TPSA) is 117 Å². The Hall–Kier alpha value is -3.81. The van der Waals surface area contributed by atoms with Gasteiger partial charge in [0.05, 0.1) is 35.4 Å². The predicted molar refractivity (Wildman–Crippen MR) is 142 cm³/mol. The lowest BCUT2D eigenvalue weighted by atomic mass is 10.00. The monoisotopic (exact) mass is 505 g/mol. The molecule has 0 aliphatic rings. The van der Waals surface area contributed by atoms with E-state index >= 15 is 0 Å². The number of aliphatic hydroxyl groups is 1. The number of benzene rings is 3. The third-order valence-electron chi connectivity index (χ3n) is 5.95. The Morgan fingerprint density at radius 1 is 1.08 bits per heavy atom. The van der Waals surface area contributed by atoms with E-state index in [0.29, 0.717) is 24.3 Å². The molecule has 1 aromatic heterocycles. The molecule has 4 aromatic rings. The molecule has 0 bridgehead atoms. The zero-order chi connectivity index (χ0) is 25.7. The van der Waals surface area contributed by atoms with Gasteiger partial charge in [0, 0.05) is 17.1 Å². The number of fused-ring (bicyclic) bond motifs is 1. The van der Waals surface area contributed by atoms with Gasteiger partial charge in [-0.3, -0.25) is 9.59 Å². The van der Waals surface area contributed by atoms with E-state index in [1.807, 2.05) is 43.5 Å². The number of halogens is 1. The molecule has 0 aliphatic heterocycles. The summed E-state index contributed by atoms with van der Waals surface area (Å²) in [5, 5.41) is 14.3. The second kappa shape index (κ2) is 11.3. The van der Waals surface area contributed by atoms with Gasteiger partial charge in [-0.2, -0.15) is 0 Å².